The van der Waals surface area contributed by atoms with Crippen molar-refractivity contribution in [3.05, 3.63) is 28.8 Å². The van der Waals surface area contributed by atoms with E-state index in [1.54, 1.807) is 0 Å². The molecule has 0 unspecified atom stereocenters. The van der Waals surface area contributed by atoms with Gasteiger partial charge in [-0.1, -0.05) is 6.92 Å². The average Bonchev–Trinajstić information content (AvgIpc) is 2.95. The van der Waals surface area contributed by atoms with Gasteiger partial charge in [0.25, 0.3) is 0 Å². The number of Topliss-reactive ketones (excluding diaryl/α,β-unsaturated/α-hetero) is 1. The molecule has 0 bridgehead atoms. The first-order chi connectivity index (χ1) is 19.3. The third-order valence-corrected chi connectivity index (χ3v) is 8.61. The molecule has 12 heteroatoms. The van der Waals surface area contributed by atoms with Crippen LogP contribution in [0.15, 0.2) is 12.1 Å². The number of hydrogen-bond acceptors (Lipinski definition) is 11. The summed E-state index contributed by atoms with van der Waals surface area (Å²) in [4.78, 5) is 24.1. The topological polar surface area (TPSA) is 203 Å². The first-order valence-electron chi connectivity index (χ1n) is 13.7. The van der Waals surface area contributed by atoms with Gasteiger partial charge in [0.15, 0.2) is 5.78 Å². The van der Waals surface area contributed by atoms with E-state index in [1.165, 1.54) is 13.8 Å². The number of fused-ring (bicyclic) bond motifs is 1. The Bertz CT molecular complexity index is 1300. The number of hydrogen-bond donors (Lipinski definition) is 7. The molecule has 0 spiro atoms. The molecule has 226 valence electrons. The van der Waals surface area contributed by atoms with Gasteiger partial charge in [-0.2, -0.15) is 0 Å². The molecule has 2 heterocycles. The number of phenols is 2. The van der Waals surface area contributed by atoms with Gasteiger partial charge in [0, 0.05) is 24.2 Å². The van der Waals surface area contributed by atoms with Crippen LogP contribution in [0.3, 0.4) is 0 Å². The van der Waals surface area contributed by atoms with Crippen LogP contribution in [0.2, 0.25) is 0 Å². The van der Waals surface area contributed by atoms with Crippen molar-refractivity contribution in [1.82, 2.24) is 0 Å². The predicted octanol–water partition coefficient (Wildman–Crippen LogP) is 1.85. The number of aromatic hydroxyl groups is 2. The number of aromatic carboxylic acids is 1. The normalized spacial score (nSPS) is 28.0. The zero-order valence-corrected chi connectivity index (χ0v) is 23.2. The van der Waals surface area contributed by atoms with E-state index in [4.69, 9.17) is 14.2 Å². The van der Waals surface area contributed by atoms with E-state index in [0.29, 0.717) is 25.6 Å². The third kappa shape index (κ3) is 5.72. The van der Waals surface area contributed by atoms with Gasteiger partial charge in [-0.15, -0.1) is 0 Å². The van der Waals surface area contributed by atoms with Crippen LogP contribution in [0.25, 0.3) is 10.8 Å². The summed E-state index contributed by atoms with van der Waals surface area (Å²) in [7, 11) is 0. The van der Waals surface area contributed by atoms with Crippen LogP contribution in [0.4, 0.5) is 0 Å². The van der Waals surface area contributed by atoms with Crippen LogP contribution in [0.5, 0.6) is 17.2 Å². The highest BCUT2D eigenvalue weighted by atomic mass is 16.7. The molecule has 2 aromatic carbocycles. The summed E-state index contributed by atoms with van der Waals surface area (Å²) in [6.45, 7) is 5.17. The molecule has 0 saturated carbocycles. The molecular weight excluding hydrogens is 540 g/mol. The lowest BCUT2D eigenvalue weighted by atomic mass is 9.76. The first kappa shape index (κ1) is 30.9. The molecule has 2 aliphatic heterocycles. The quantitative estimate of drug-likeness (QED) is 0.168. The molecule has 0 aliphatic carbocycles. The molecule has 12 nitrogen and oxygen atoms in total. The number of carbonyl (C=O) groups is 2. The lowest BCUT2D eigenvalue weighted by Crippen LogP contribution is -2.67. The van der Waals surface area contributed by atoms with Crippen LogP contribution >= 0.6 is 0 Å². The van der Waals surface area contributed by atoms with Crippen molar-refractivity contribution in [2.45, 2.75) is 76.7 Å². The maximum Gasteiger partial charge on any atom is 0.335 e. The molecule has 0 radical (unpaired) electrons. The summed E-state index contributed by atoms with van der Waals surface area (Å²) in [5, 5.41) is 74.6. The van der Waals surface area contributed by atoms with Crippen molar-refractivity contribution >= 4 is 22.5 Å². The van der Waals surface area contributed by atoms with E-state index in [9.17, 15) is 45.3 Å². The fraction of sp³-hybridized carbons (Fsp3) is 0.586. The number of carbonyl (C=O) groups excluding carboxylic acids is 1. The van der Waals surface area contributed by atoms with E-state index in [2.05, 4.69) is 0 Å². The smallest absolute Gasteiger partial charge is 0.335 e. The second-order valence-electron chi connectivity index (χ2n) is 11.1. The van der Waals surface area contributed by atoms with E-state index >= 15 is 0 Å². The highest BCUT2D eigenvalue weighted by Crippen LogP contribution is 2.46. The molecule has 6 atom stereocenters. The molecular formula is C29H38O12. The number of carboxylic acid groups (broad SMARTS) is 1. The highest BCUT2D eigenvalue weighted by molar-refractivity contribution is 6.11. The molecule has 7 N–H and O–H groups in total. The van der Waals surface area contributed by atoms with Crippen molar-refractivity contribution in [2.75, 3.05) is 19.8 Å². The van der Waals surface area contributed by atoms with Crippen molar-refractivity contribution < 1.29 is 59.5 Å². The van der Waals surface area contributed by atoms with Gasteiger partial charge in [-0.25, -0.2) is 4.79 Å². The summed E-state index contributed by atoms with van der Waals surface area (Å²) in [6, 6.07) is 2.11. The Labute approximate surface area is 236 Å². The van der Waals surface area contributed by atoms with Gasteiger partial charge >= 0.3 is 5.97 Å². The molecule has 2 aromatic rings. The number of aliphatic hydroxyl groups is 4. The second kappa shape index (κ2) is 12.1. The number of rotatable bonds is 9. The van der Waals surface area contributed by atoms with Crippen molar-refractivity contribution in [3.8, 4) is 17.2 Å². The van der Waals surface area contributed by atoms with E-state index < -0.39 is 60.1 Å². The minimum Gasteiger partial charge on any atom is -0.507 e. The van der Waals surface area contributed by atoms with Gasteiger partial charge in [-0.05, 0) is 63.5 Å². The summed E-state index contributed by atoms with van der Waals surface area (Å²) in [5.41, 5.74) is -2.56. The van der Waals surface area contributed by atoms with Gasteiger partial charge in [-0.3, -0.25) is 4.79 Å². The van der Waals surface area contributed by atoms with Crippen molar-refractivity contribution in [2.24, 2.45) is 11.8 Å². The number of benzene rings is 2. The Morgan fingerprint density at radius 1 is 1.15 bits per heavy atom. The van der Waals surface area contributed by atoms with Gasteiger partial charge in [0.05, 0.1) is 23.1 Å². The van der Waals surface area contributed by atoms with Crippen LogP contribution < -0.4 is 4.74 Å². The Balaban J connectivity index is 1.67. The maximum atomic E-state index is 12.3. The minimum absolute atomic E-state index is 0.00896. The summed E-state index contributed by atoms with van der Waals surface area (Å²) >= 11 is 0. The lowest BCUT2D eigenvalue weighted by Gasteiger charge is -2.48. The molecule has 2 fully saturated rings. The van der Waals surface area contributed by atoms with Gasteiger partial charge in [0.1, 0.15) is 41.2 Å². The number of ketones is 1. The SMILES string of the molecule is CC(=O)c1c(C)c(O)c2cc(C(=O)O)cc(O[C@H]3O[C@H](CO)[C@](O)(CC[C@@H](C)C4CCOCC4)[C@H](O)[C@H]3O)c2c1O. The zero-order chi connectivity index (χ0) is 30.2. The number of ether oxygens (including phenoxy) is 3. The van der Waals surface area contributed by atoms with Crippen LogP contribution in [-0.2, 0) is 9.47 Å². The van der Waals surface area contributed by atoms with Crippen LogP contribution in [0.1, 0.15) is 65.8 Å². The lowest BCUT2D eigenvalue weighted by molar-refractivity contribution is -0.315. The Hall–Kier alpha value is -3.00. The van der Waals surface area contributed by atoms with Crippen LogP contribution in [-0.4, -0.2) is 97.5 Å². The van der Waals surface area contributed by atoms with E-state index in [1.807, 2.05) is 6.92 Å². The fourth-order valence-electron chi connectivity index (χ4n) is 6.02. The first-order valence-corrected chi connectivity index (χ1v) is 13.7. The fourth-order valence-corrected chi connectivity index (χ4v) is 6.02. The summed E-state index contributed by atoms with van der Waals surface area (Å²) in [5.74, 6) is -2.85. The highest BCUT2D eigenvalue weighted by Gasteiger charge is 2.55. The molecule has 4 rings (SSSR count). The molecule has 0 aromatic heterocycles. The van der Waals surface area contributed by atoms with Gasteiger partial charge < -0.3 is 50.0 Å². The second-order valence-corrected chi connectivity index (χ2v) is 11.1. The van der Waals surface area contributed by atoms with E-state index in [0.717, 1.165) is 25.0 Å². The number of aliphatic hydroxyl groups excluding tert-OH is 3. The Kier molecular flexibility index (Phi) is 9.12. The van der Waals surface area contributed by atoms with E-state index in [-0.39, 0.29) is 45.6 Å². The number of phenolic OH excluding ortho intramolecular Hbond substituents is 2. The average molecular weight is 579 g/mol. The third-order valence-electron chi connectivity index (χ3n) is 8.61. The standard InChI is InChI=1S/C29H38O12/c1-13(16-5-8-39-9-6-16)4-7-29(38)20(12-30)41-28(25(34)26(29)35)40-19-11-17(27(36)37)10-18-22(19)24(33)21(15(3)31)14(2)23(18)32/h10-11,13,16,20,25-26,28,30,32-35,38H,4-9,12H2,1-3H3,(H,36,37)/t13-,20-,25-,26-,28+,29-/m1/s1. The van der Waals surface area contributed by atoms with Crippen molar-refractivity contribution in [1.29, 1.82) is 0 Å². The maximum absolute atomic E-state index is 12.3. The van der Waals surface area contributed by atoms with Gasteiger partial charge in [0.2, 0.25) is 6.29 Å². The Morgan fingerprint density at radius 2 is 1.80 bits per heavy atom. The molecule has 2 aliphatic rings. The molecule has 2 saturated heterocycles. The molecule has 0 amide bonds. The summed E-state index contributed by atoms with van der Waals surface area (Å²) in [6.07, 6.45) is -4.58. The van der Waals surface area contributed by atoms with Crippen LogP contribution in [0, 0.1) is 18.8 Å². The minimum atomic E-state index is -2.03. The summed E-state index contributed by atoms with van der Waals surface area (Å²) < 4.78 is 16.9. The predicted molar refractivity (Wildman–Crippen MR) is 144 cm³/mol. The zero-order valence-electron chi connectivity index (χ0n) is 23.2. The van der Waals surface area contributed by atoms with Crippen molar-refractivity contribution in [3.63, 3.8) is 0 Å². The monoisotopic (exact) mass is 578 g/mol. The largest absolute Gasteiger partial charge is 0.507 e. The Morgan fingerprint density at radius 3 is 2.39 bits per heavy atom. The number of carboxylic acids is 1. The molecule has 41 heavy (non-hydrogen) atoms.